The maximum Gasteiger partial charge on any atom is 0.276 e. The van der Waals surface area contributed by atoms with Crippen molar-refractivity contribution in [3.05, 3.63) is 22.2 Å². The molecule has 0 bridgehead atoms. The van der Waals surface area contributed by atoms with E-state index >= 15 is 0 Å². The third-order valence-corrected chi connectivity index (χ3v) is 2.67. The zero-order valence-corrected chi connectivity index (χ0v) is 12.0. The SMILES string of the molecule is CNc1cc([N+](=O)[O-])cc(N(CCC#N)CC(C)C)n1. The van der Waals surface area contributed by atoms with E-state index in [4.69, 9.17) is 5.26 Å². The van der Waals surface area contributed by atoms with E-state index in [0.717, 1.165) is 0 Å². The number of hydrogen-bond acceptors (Lipinski definition) is 6. The third kappa shape index (κ3) is 4.39. The van der Waals surface area contributed by atoms with Crippen LogP contribution in [0, 0.1) is 27.4 Å². The zero-order valence-electron chi connectivity index (χ0n) is 12.0. The van der Waals surface area contributed by atoms with Gasteiger partial charge in [-0.15, -0.1) is 0 Å². The molecule has 0 aliphatic carbocycles. The average molecular weight is 277 g/mol. The number of nitriles is 1. The number of hydrogen-bond donors (Lipinski definition) is 1. The van der Waals surface area contributed by atoms with E-state index in [9.17, 15) is 10.1 Å². The lowest BCUT2D eigenvalue weighted by Crippen LogP contribution is -2.29. The second-order valence-corrected chi connectivity index (χ2v) is 4.82. The van der Waals surface area contributed by atoms with Crippen molar-refractivity contribution < 1.29 is 4.92 Å². The van der Waals surface area contributed by atoms with Crippen molar-refractivity contribution in [2.45, 2.75) is 20.3 Å². The van der Waals surface area contributed by atoms with Crippen LogP contribution in [0.5, 0.6) is 0 Å². The summed E-state index contributed by atoms with van der Waals surface area (Å²) in [6.07, 6.45) is 0.353. The smallest absolute Gasteiger partial charge is 0.276 e. The Labute approximate surface area is 118 Å². The molecule has 7 heteroatoms. The molecule has 1 N–H and O–H groups in total. The minimum atomic E-state index is -0.441. The van der Waals surface area contributed by atoms with Crippen molar-refractivity contribution in [3.8, 4) is 6.07 Å². The van der Waals surface area contributed by atoms with Gasteiger partial charge in [0, 0.05) is 20.1 Å². The maximum absolute atomic E-state index is 11.0. The van der Waals surface area contributed by atoms with E-state index in [0.29, 0.717) is 37.1 Å². The molecule has 1 rings (SSSR count). The van der Waals surface area contributed by atoms with Crippen LogP contribution in [0.3, 0.4) is 0 Å². The van der Waals surface area contributed by atoms with Crippen molar-refractivity contribution in [3.63, 3.8) is 0 Å². The molecule has 0 aliphatic rings. The van der Waals surface area contributed by atoms with Crippen molar-refractivity contribution in [1.29, 1.82) is 5.26 Å². The van der Waals surface area contributed by atoms with Gasteiger partial charge in [-0.1, -0.05) is 13.8 Å². The Morgan fingerprint density at radius 1 is 1.55 bits per heavy atom. The molecule has 0 fully saturated rings. The van der Waals surface area contributed by atoms with Gasteiger partial charge in [0.25, 0.3) is 5.69 Å². The van der Waals surface area contributed by atoms with Gasteiger partial charge in [-0.3, -0.25) is 10.1 Å². The van der Waals surface area contributed by atoms with Crippen molar-refractivity contribution in [1.82, 2.24) is 4.98 Å². The van der Waals surface area contributed by atoms with Crippen LogP contribution in [0.1, 0.15) is 20.3 Å². The van der Waals surface area contributed by atoms with E-state index in [1.165, 1.54) is 12.1 Å². The number of nitrogens with zero attached hydrogens (tertiary/aromatic N) is 4. The highest BCUT2D eigenvalue weighted by Gasteiger charge is 2.16. The van der Waals surface area contributed by atoms with Crippen molar-refractivity contribution in [2.75, 3.05) is 30.4 Å². The number of nitrogens with one attached hydrogen (secondary N) is 1. The van der Waals surface area contributed by atoms with Crippen LogP contribution in [0.2, 0.25) is 0 Å². The van der Waals surface area contributed by atoms with Crippen LogP contribution < -0.4 is 10.2 Å². The molecule has 1 heterocycles. The molecule has 20 heavy (non-hydrogen) atoms. The molecule has 0 amide bonds. The number of pyridine rings is 1. The molecule has 7 nitrogen and oxygen atoms in total. The minimum Gasteiger partial charge on any atom is -0.373 e. The van der Waals surface area contributed by atoms with Crippen LogP contribution in [0.15, 0.2) is 12.1 Å². The molecule has 0 saturated carbocycles. The lowest BCUT2D eigenvalue weighted by molar-refractivity contribution is -0.384. The standard InChI is InChI=1S/C13H19N5O2/c1-10(2)9-17(6-4-5-14)13-8-11(18(19)20)7-12(15-3)16-13/h7-8,10H,4,6,9H2,1-3H3,(H,15,16). The summed E-state index contributed by atoms with van der Waals surface area (Å²) in [5, 5.41) is 22.5. The Bertz CT molecular complexity index is 510. The summed E-state index contributed by atoms with van der Waals surface area (Å²) in [6.45, 7) is 5.30. The largest absolute Gasteiger partial charge is 0.373 e. The summed E-state index contributed by atoms with van der Waals surface area (Å²) in [6, 6.07) is 4.92. The second kappa shape index (κ2) is 7.28. The first-order valence-corrected chi connectivity index (χ1v) is 6.44. The summed E-state index contributed by atoms with van der Waals surface area (Å²) in [4.78, 5) is 16.8. The molecule has 0 radical (unpaired) electrons. The van der Waals surface area contributed by atoms with Gasteiger partial charge < -0.3 is 10.2 Å². The van der Waals surface area contributed by atoms with Crippen LogP contribution >= 0.6 is 0 Å². The van der Waals surface area contributed by atoms with Crippen LogP contribution in [0.4, 0.5) is 17.3 Å². The molecule has 0 spiro atoms. The highest BCUT2D eigenvalue weighted by Crippen LogP contribution is 2.24. The first-order chi connectivity index (χ1) is 9.47. The summed E-state index contributed by atoms with van der Waals surface area (Å²) >= 11 is 0. The lowest BCUT2D eigenvalue weighted by atomic mass is 10.2. The average Bonchev–Trinajstić information content (AvgIpc) is 2.42. The molecule has 1 aromatic rings. The molecular weight excluding hydrogens is 258 g/mol. The molecular formula is C13H19N5O2. The Morgan fingerprint density at radius 3 is 2.75 bits per heavy atom. The topological polar surface area (TPSA) is 95.1 Å². The van der Waals surface area contributed by atoms with Gasteiger partial charge >= 0.3 is 0 Å². The van der Waals surface area contributed by atoms with Crippen LogP contribution in [0.25, 0.3) is 0 Å². The molecule has 0 aromatic carbocycles. The molecule has 0 aliphatic heterocycles. The van der Waals surface area contributed by atoms with Gasteiger partial charge in [-0.25, -0.2) is 4.98 Å². The molecule has 1 aromatic heterocycles. The van der Waals surface area contributed by atoms with E-state index in [1.807, 2.05) is 4.90 Å². The van der Waals surface area contributed by atoms with E-state index < -0.39 is 4.92 Å². The van der Waals surface area contributed by atoms with E-state index in [2.05, 4.69) is 30.2 Å². The fourth-order valence-electron chi connectivity index (χ4n) is 1.82. The quantitative estimate of drug-likeness (QED) is 0.607. The number of anilines is 2. The molecule has 0 saturated heterocycles. The van der Waals surface area contributed by atoms with Gasteiger partial charge in [0.15, 0.2) is 0 Å². The van der Waals surface area contributed by atoms with Crippen molar-refractivity contribution in [2.24, 2.45) is 5.92 Å². The molecule has 108 valence electrons. The number of rotatable bonds is 7. The van der Waals surface area contributed by atoms with Crippen molar-refractivity contribution >= 4 is 17.3 Å². The van der Waals surface area contributed by atoms with Crippen LogP contribution in [-0.2, 0) is 0 Å². The van der Waals surface area contributed by atoms with Gasteiger partial charge in [0.05, 0.1) is 29.5 Å². The third-order valence-electron chi connectivity index (χ3n) is 2.67. The Balaban J connectivity index is 3.13. The second-order valence-electron chi connectivity index (χ2n) is 4.82. The minimum absolute atomic E-state index is 0.00920. The van der Waals surface area contributed by atoms with Gasteiger partial charge in [-0.05, 0) is 5.92 Å². The Kier molecular flexibility index (Phi) is 5.72. The first-order valence-electron chi connectivity index (χ1n) is 6.44. The zero-order chi connectivity index (χ0) is 15.1. The predicted octanol–water partition coefficient (Wildman–Crippen LogP) is 2.41. The Hall–Kier alpha value is -2.36. The summed E-state index contributed by atoms with van der Waals surface area (Å²) < 4.78 is 0. The Morgan fingerprint density at radius 2 is 2.25 bits per heavy atom. The summed E-state index contributed by atoms with van der Waals surface area (Å²) in [5.41, 5.74) is -0.00920. The lowest BCUT2D eigenvalue weighted by Gasteiger charge is -2.24. The van der Waals surface area contributed by atoms with Gasteiger partial charge in [0.1, 0.15) is 11.6 Å². The monoisotopic (exact) mass is 277 g/mol. The number of aromatic nitrogens is 1. The fourth-order valence-corrected chi connectivity index (χ4v) is 1.82. The molecule has 0 unspecified atom stereocenters. The first kappa shape index (κ1) is 15.7. The van der Waals surface area contributed by atoms with Crippen LogP contribution in [-0.4, -0.2) is 30.0 Å². The highest BCUT2D eigenvalue weighted by molar-refractivity contribution is 5.55. The fraction of sp³-hybridized carbons (Fsp3) is 0.538. The predicted molar refractivity (Wildman–Crippen MR) is 77.7 cm³/mol. The summed E-state index contributed by atoms with van der Waals surface area (Å²) in [5.74, 6) is 1.33. The molecule has 0 atom stereocenters. The maximum atomic E-state index is 11.0. The van der Waals surface area contributed by atoms with Gasteiger partial charge in [-0.2, -0.15) is 5.26 Å². The number of nitro groups is 1. The normalized spacial score (nSPS) is 10.2. The summed E-state index contributed by atoms with van der Waals surface area (Å²) in [7, 11) is 1.66. The van der Waals surface area contributed by atoms with E-state index in [-0.39, 0.29) is 5.69 Å². The van der Waals surface area contributed by atoms with Gasteiger partial charge in [0.2, 0.25) is 0 Å². The highest BCUT2D eigenvalue weighted by atomic mass is 16.6. The van der Waals surface area contributed by atoms with E-state index in [1.54, 1.807) is 7.05 Å².